The Morgan fingerprint density at radius 3 is 2.40 bits per heavy atom. The summed E-state index contributed by atoms with van der Waals surface area (Å²) in [6, 6.07) is 13.6. The van der Waals surface area contributed by atoms with Crippen molar-refractivity contribution in [1.29, 1.82) is 0 Å². The van der Waals surface area contributed by atoms with Gasteiger partial charge in [0.1, 0.15) is 22.9 Å². The van der Waals surface area contributed by atoms with Crippen LogP contribution in [0.3, 0.4) is 0 Å². The molecule has 0 saturated heterocycles. The molecule has 0 radical (unpaired) electrons. The van der Waals surface area contributed by atoms with Crippen LogP contribution in [0.25, 0.3) is 5.76 Å². The number of ketones is 2. The van der Waals surface area contributed by atoms with Crippen molar-refractivity contribution in [2.45, 2.75) is 13.3 Å². The SMILES string of the molecule is CCC(=O)C1=C(O)c2ccccc2C(=O)C1=Nc1ccccc1OC. The minimum atomic E-state index is -0.392. The fourth-order valence-electron chi connectivity index (χ4n) is 2.77. The first kappa shape index (κ1) is 16.6. The van der Waals surface area contributed by atoms with Crippen molar-refractivity contribution < 1.29 is 19.4 Å². The molecule has 2 aromatic rings. The van der Waals surface area contributed by atoms with Gasteiger partial charge in [-0.1, -0.05) is 43.3 Å². The quantitative estimate of drug-likeness (QED) is 0.919. The predicted octanol–water partition coefficient (Wildman–Crippen LogP) is 3.91. The minimum Gasteiger partial charge on any atom is -0.506 e. The lowest BCUT2D eigenvalue weighted by Gasteiger charge is -2.19. The average Bonchev–Trinajstić information content (AvgIpc) is 2.66. The second-order valence-electron chi connectivity index (χ2n) is 5.51. The fraction of sp³-hybridized carbons (Fsp3) is 0.150. The summed E-state index contributed by atoms with van der Waals surface area (Å²) in [5, 5.41) is 10.6. The van der Waals surface area contributed by atoms with Gasteiger partial charge < -0.3 is 9.84 Å². The van der Waals surface area contributed by atoms with Gasteiger partial charge in [0, 0.05) is 17.5 Å². The van der Waals surface area contributed by atoms with Crippen LogP contribution in [-0.4, -0.2) is 29.5 Å². The molecule has 1 aliphatic rings. The van der Waals surface area contributed by atoms with E-state index in [9.17, 15) is 14.7 Å². The number of aliphatic hydroxyl groups excluding tert-OH is 1. The summed E-state index contributed by atoms with van der Waals surface area (Å²) in [4.78, 5) is 29.7. The van der Waals surface area contributed by atoms with Gasteiger partial charge in [0.15, 0.2) is 5.78 Å². The number of Topliss-reactive ketones (excluding diaryl/α,β-unsaturated/α-hetero) is 2. The highest BCUT2D eigenvalue weighted by Gasteiger charge is 2.34. The number of methoxy groups -OCH3 is 1. The molecule has 25 heavy (non-hydrogen) atoms. The number of carbonyl (C=O) groups excluding carboxylic acids is 2. The van der Waals surface area contributed by atoms with E-state index in [4.69, 9.17) is 4.74 Å². The Hall–Kier alpha value is -3.21. The summed E-state index contributed by atoms with van der Waals surface area (Å²) in [6.07, 6.45) is 0.153. The highest BCUT2D eigenvalue weighted by atomic mass is 16.5. The Labute approximate surface area is 145 Å². The van der Waals surface area contributed by atoms with Crippen LogP contribution in [0.5, 0.6) is 5.75 Å². The topological polar surface area (TPSA) is 76.0 Å². The third-order valence-electron chi connectivity index (χ3n) is 4.03. The maximum Gasteiger partial charge on any atom is 0.213 e. The van der Waals surface area contributed by atoms with Crippen molar-refractivity contribution >= 4 is 28.7 Å². The van der Waals surface area contributed by atoms with Gasteiger partial charge in [-0.2, -0.15) is 0 Å². The van der Waals surface area contributed by atoms with Gasteiger partial charge in [-0.15, -0.1) is 0 Å². The van der Waals surface area contributed by atoms with E-state index >= 15 is 0 Å². The standard InChI is InChI=1S/C20H17NO4/c1-3-15(22)17-18(21-14-10-6-7-11-16(14)25-2)20(24)13-9-5-4-8-12(13)19(17)23/h4-11,23H,3H2,1-2H3. The molecule has 5 nitrogen and oxygen atoms in total. The second kappa shape index (κ2) is 6.73. The zero-order valence-electron chi connectivity index (χ0n) is 13.9. The number of aliphatic imine (C=N–C) groups is 1. The molecule has 0 saturated carbocycles. The lowest BCUT2D eigenvalue weighted by Crippen LogP contribution is -2.28. The maximum atomic E-state index is 12.9. The number of nitrogens with zero attached hydrogens (tertiary/aromatic N) is 1. The average molecular weight is 335 g/mol. The molecule has 0 spiro atoms. The van der Waals surface area contributed by atoms with Crippen molar-refractivity contribution in [2.24, 2.45) is 4.99 Å². The Morgan fingerprint density at radius 2 is 1.72 bits per heavy atom. The monoisotopic (exact) mass is 335 g/mol. The lowest BCUT2D eigenvalue weighted by molar-refractivity contribution is -0.114. The van der Waals surface area contributed by atoms with Crippen LogP contribution in [0.2, 0.25) is 0 Å². The number of hydrogen-bond acceptors (Lipinski definition) is 5. The number of fused-ring (bicyclic) bond motifs is 1. The smallest absolute Gasteiger partial charge is 0.213 e. The van der Waals surface area contributed by atoms with E-state index in [1.165, 1.54) is 7.11 Å². The molecule has 0 atom stereocenters. The third-order valence-corrected chi connectivity index (χ3v) is 4.03. The first-order chi connectivity index (χ1) is 12.1. The van der Waals surface area contributed by atoms with Crippen LogP contribution in [0, 0.1) is 0 Å². The van der Waals surface area contributed by atoms with Crippen molar-refractivity contribution in [3.63, 3.8) is 0 Å². The van der Waals surface area contributed by atoms with Crippen LogP contribution >= 0.6 is 0 Å². The van der Waals surface area contributed by atoms with E-state index < -0.39 is 5.78 Å². The molecule has 5 heteroatoms. The molecular formula is C20H17NO4. The number of ether oxygens (including phenoxy) is 1. The van der Waals surface area contributed by atoms with Crippen LogP contribution in [0.1, 0.15) is 29.3 Å². The molecular weight excluding hydrogens is 318 g/mol. The van der Waals surface area contributed by atoms with E-state index in [1.807, 2.05) is 0 Å². The number of aliphatic hydroxyl groups is 1. The van der Waals surface area contributed by atoms with Crippen molar-refractivity contribution in [2.75, 3.05) is 7.11 Å². The minimum absolute atomic E-state index is 0.0443. The predicted molar refractivity (Wildman–Crippen MR) is 95.7 cm³/mol. The van der Waals surface area contributed by atoms with Crippen LogP contribution in [0.15, 0.2) is 59.1 Å². The van der Waals surface area contributed by atoms with Gasteiger partial charge in [0.2, 0.25) is 5.78 Å². The third kappa shape index (κ3) is 2.85. The summed E-state index contributed by atoms with van der Waals surface area (Å²) in [7, 11) is 1.50. The highest BCUT2D eigenvalue weighted by Crippen LogP contribution is 2.33. The molecule has 1 aliphatic carbocycles. The van der Waals surface area contributed by atoms with Gasteiger partial charge in [0.05, 0.1) is 12.7 Å². The summed E-state index contributed by atoms with van der Waals surface area (Å²) in [5.41, 5.74) is 0.983. The first-order valence-electron chi connectivity index (χ1n) is 7.91. The molecule has 3 rings (SSSR count). The van der Waals surface area contributed by atoms with E-state index in [1.54, 1.807) is 55.5 Å². The van der Waals surface area contributed by atoms with E-state index in [0.29, 0.717) is 22.6 Å². The normalized spacial score (nSPS) is 15.3. The number of hydrogen-bond donors (Lipinski definition) is 1. The molecule has 0 aromatic heterocycles. The van der Waals surface area contributed by atoms with Crippen LogP contribution in [-0.2, 0) is 4.79 Å². The zero-order valence-corrected chi connectivity index (χ0v) is 13.9. The van der Waals surface area contributed by atoms with Gasteiger partial charge in [-0.25, -0.2) is 4.99 Å². The van der Waals surface area contributed by atoms with E-state index in [2.05, 4.69) is 4.99 Å². The molecule has 0 heterocycles. The molecule has 2 aromatic carbocycles. The number of carbonyl (C=O) groups is 2. The zero-order chi connectivity index (χ0) is 18.0. The van der Waals surface area contributed by atoms with Gasteiger partial charge >= 0.3 is 0 Å². The number of allylic oxidation sites excluding steroid dienone is 1. The Bertz CT molecular complexity index is 925. The maximum absolute atomic E-state index is 12.9. The number of rotatable bonds is 4. The first-order valence-corrected chi connectivity index (χ1v) is 7.91. The van der Waals surface area contributed by atoms with Gasteiger partial charge in [-0.3, -0.25) is 9.59 Å². The van der Waals surface area contributed by atoms with Gasteiger partial charge in [0.25, 0.3) is 0 Å². The molecule has 0 bridgehead atoms. The molecule has 0 amide bonds. The lowest BCUT2D eigenvalue weighted by atomic mass is 9.85. The van der Waals surface area contributed by atoms with Crippen molar-refractivity contribution in [3.8, 4) is 5.75 Å². The number of benzene rings is 2. The second-order valence-corrected chi connectivity index (χ2v) is 5.51. The van der Waals surface area contributed by atoms with Gasteiger partial charge in [-0.05, 0) is 12.1 Å². The Morgan fingerprint density at radius 1 is 1.08 bits per heavy atom. The Balaban J connectivity index is 2.28. The molecule has 0 unspecified atom stereocenters. The molecule has 1 N–H and O–H groups in total. The van der Waals surface area contributed by atoms with Crippen LogP contribution in [0.4, 0.5) is 5.69 Å². The van der Waals surface area contributed by atoms with Crippen molar-refractivity contribution in [1.82, 2.24) is 0 Å². The Kier molecular flexibility index (Phi) is 4.48. The van der Waals surface area contributed by atoms with E-state index in [0.717, 1.165) is 0 Å². The van der Waals surface area contributed by atoms with E-state index in [-0.39, 0.29) is 29.2 Å². The summed E-state index contributed by atoms with van der Waals surface area (Å²) in [5.74, 6) is -0.467. The van der Waals surface area contributed by atoms with Crippen LogP contribution < -0.4 is 4.74 Å². The highest BCUT2D eigenvalue weighted by molar-refractivity contribution is 6.59. The fourth-order valence-corrected chi connectivity index (χ4v) is 2.77. The summed E-state index contributed by atoms with van der Waals surface area (Å²) < 4.78 is 5.26. The summed E-state index contributed by atoms with van der Waals surface area (Å²) >= 11 is 0. The molecule has 0 aliphatic heterocycles. The molecule has 0 fully saturated rings. The largest absolute Gasteiger partial charge is 0.506 e. The summed E-state index contributed by atoms with van der Waals surface area (Å²) in [6.45, 7) is 1.67. The molecule has 126 valence electrons. The van der Waals surface area contributed by atoms with Crippen molar-refractivity contribution in [3.05, 3.63) is 65.2 Å². The number of para-hydroxylation sites is 2.